The molecule has 1 fully saturated rings. The van der Waals surface area contributed by atoms with E-state index in [0.717, 1.165) is 5.56 Å². The van der Waals surface area contributed by atoms with Gasteiger partial charge in [0, 0.05) is 30.2 Å². The Bertz CT molecular complexity index is 1100. The first-order valence-electron chi connectivity index (χ1n) is 10.6. The van der Waals surface area contributed by atoms with Crippen LogP contribution in [0.15, 0.2) is 47.4 Å². The summed E-state index contributed by atoms with van der Waals surface area (Å²) in [4.78, 5) is 26.7. The summed E-state index contributed by atoms with van der Waals surface area (Å²) in [6.45, 7) is 2.79. The largest absolute Gasteiger partial charge is 0.495 e. The molecule has 3 rings (SSSR count). The van der Waals surface area contributed by atoms with E-state index in [1.54, 1.807) is 36.1 Å². The van der Waals surface area contributed by atoms with Crippen LogP contribution in [0.25, 0.3) is 0 Å². The van der Waals surface area contributed by atoms with E-state index in [9.17, 15) is 18.0 Å². The second-order valence-corrected chi connectivity index (χ2v) is 9.83. The van der Waals surface area contributed by atoms with Gasteiger partial charge in [-0.1, -0.05) is 23.7 Å². The summed E-state index contributed by atoms with van der Waals surface area (Å²) in [6.07, 6.45) is 1.32. The fourth-order valence-corrected chi connectivity index (χ4v) is 5.01. The molecule has 1 amide bonds. The van der Waals surface area contributed by atoms with E-state index in [4.69, 9.17) is 21.1 Å². The highest BCUT2D eigenvalue weighted by Gasteiger charge is 2.31. The Morgan fingerprint density at radius 2 is 1.91 bits per heavy atom. The molecule has 1 N–H and O–H groups in total. The van der Waals surface area contributed by atoms with E-state index in [1.807, 2.05) is 0 Å². The minimum absolute atomic E-state index is 0.0498. The van der Waals surface area contributed by atoms with Gasteiger partial charge < -0.3 is 14.4 Å². The van der Waals surface area contributed by atoms with Crippen molar-refractivity contribution >= 4 is 33.5 Å². The van der Waals surface area contributed by atoms with E-state index in [0.29, 0.717) is 24.4 Å². The van der Waals surface area contributed by atoms with Crippen molar-refractivity contribution in [3.63, 3.8) is 0 Å². The van der Waals surface area contributed by atoms with Crippen LogP contribution >= 0.6 is 11.6 Å². The molecule has 1 heterocycles. The average molecular weight is 495 g/mol. The van der Waals surface area contributed by atoms with Crippen LogP contribution in [0.1, 0.15) is 35.7 Å². The van der Waals surface area contributed by atoms with E-state index >= 15 is 0 Å². The Hall–Kier alpha value is -2.62. The van der Waals surface area contributed by atoms with Crippen molar-refractivity contribution in [3.8, 4) is 5.75 Å². The number of carbonyl (C=O) groups excluding carboxylic acids is 2. The summed E-state index contributed by atoms with van der Waals surface area (Å²) in [5.74, 6) is -0.927. The molecule has 1 unspecified atom stereocenters. The van der Waals surface area contributed by atoms with Crippen LogP contribution in [-0.4, -0.2) is 52.0 Å². The van der Waals surface area contributed by atoms with Crippen LogP contribution in [0.3, 0.4) is 0 Å². The monoisotopic (exact) mass is 494 g/mol. The van der Waals surface area contributed by atoms with Crippen molar-refractivity contribution in [2.24, 2.45) is 5.92 Å². The number of likely N-dealkylation sites (tertiary alicyclic amines) is 1. The van der Waals surface area contributed by atoms with Gasteiger partial charge in [0.15, 0.2) is 0 Å². The van der Waals surface area contributed by atoms with Gasteiger partial charge in [0.2, 0.25) is 10.0 Å². The molecule has 8 nitrogen and oxygen atoms in total. The van der Waals surface area contributed by atoms with Gasteiger partial charge in [-0.2, -0.15) is 0 Å². The number of esters is 1. The number of sulfonamides is 1. The van der Waals surface area contributed by atoms with Gasteiger partial charge in [-0.05, 0) is 55.7 Å². The van der Waals surface area contributed by atoms with Crippen molar-refractivity contribution < 1.29 is 27.5 Å². The predicted octanol–water partition coefficient (Wildman–Crippen LogP) is 3.24. The quantitative estimate of drug-likeness (QED) is 0.565. The van der Waals surface area contributed by atoms with Crippen LogP contribution in [0.2, 0.25) is 5.02 Å². The number of nitrogens with zero attached hydrogens (tertiary/aromatic N) is 1. The first-order valence-corrected chi connectivity index (χ1v) is 12.5. The number of hydrogen-bond acceptors (Lipinski definition) is 6. The molecule has 10 heteroatoms. The van der Waals surface area contributed by atoms with E-state index in [2.05, 4.69) is 4.72 Å². The maximum absolute atomic E-state index is 13.1. The van der Waals surface area contributed by atoms with Crippen LogP contribution in [0.5, 0.6) is 5.75 Å². The molecular weight excluding hydrogens is 468 g/mol. The molecule has 0 radical (unpaired) electrons. The van der Waals surface area contributed by atoms with Gasteiger partial charge in [-0.25, -0.2) is 13.1 Å². The first kappa shape index (κ1) is 25.0. The predicted molar refractivity (Wildman–Crippen MR) is 124 cm³/mol. The van der Waals surface area contributed by atoms with E-state index < -0.39 is 10.0 Å². The van der Waals surface area contributed by atoms with Gasteiger partial charge >= 0.3 is 5.97 Å². The Morgan fingerprint density at radius 1 is 1.18 bits per heavy atom. The molecule has 0 aromatic heterocycles. The maximum atomic E-state index is 13.1. The summed E-state index contributed by atoms with van der Waals surface area (Å²) in [5, 5.41) is 0.553. The summed E-state index contributed by atoms with van der Waals surface area (Å²) < 4.78 is 38.9. The van der Waals surface area contributed by atoms with Gasteiger partial charge in [-0.3, -0.25) is 9.59 Å². The van der Waals surface area contributed by atoms with E-state index in [1.165, 1.54) is 25.3 Å². The van der Waals surface area contributed by atoms with Gasteiger partial charge in [0.1, 0.15) is 10.6 Å². The minimum Gasteiger partial charge on any atom is -0.495 e. The second kappa shape index (κ2) is 11.0. The van der Waals surface area contributed by atoms with E-state index in [-0.39, 0.29) is 53.7 Å². The third kappa shape index (κ3) is 6.25. The highest BCUT2D eigenvalue weighted by atomic mass is 35.5. The number of rotatable bonds is 8. The Kier molecular flexibility index (Phi) is 8.34. The number of piperidine rings is 1. The summed E-state index contributed by atoms with van der Waals surface area (Å²) in [7, 11) is -2.62. The standard InChI is InChI=1S/C23H27ClN2O6S/c1-3-32-23(28)18-5-4-12-26(15-18)22(27)17-8-11-20(31-2)21(13-17)33(29,30)25-14-16-6-9-19(24)10-7-16/h6-11,13,18,25H,3-5,12,14-15H2,1-2H3. The maximum Gasteiger partial charge on any atom is 0.310 e. The molecule has 178 valence electrons. The number of ether oxygens (including phenoxy) is 2. The zero-order valence-electron chi connectivity index (χ0n) is 18.5. The van der Waals surface area contributed by atoms with Gasteiger partial charge in [0.05, 0.1) is 19.6 Å². The van der Waals surface area contributed by atoms with Crippen LogP contribution in [0, 0.1) is 5.92 Å². The lowest BCUT2D eigenvalue weighted by Gasteiger charge is -2.31. The average Bonchev–Trinajstić information content (AvgIpc) is 2.83. The van der Waals surface area contributed by atoms with Crippen LogP contribution in [0.4, 0.5) is 0 Å². The molecule has 1 aliphatic rings. The fraction of sp³-hybridized carbons (Fsp3) is 0.391. The van der Waals surface area contributed by atoms with Crippen LogP contribution < -0.4 is 9.46 Å². The number of hydrogen-bond donors (Lipinski definition) is 1. The highest BCUT2D eigenvalue weighted by molar-refractivity contribution is 7.89. The second-order valence-electron chi connectivity index (χ2n) is 7.66. The summed E-state index contributed by atoms with van der Waals surface area (Å²) >= 11 is 5.87. The van der Waals surface area contributed by atoms with Crippen LogP contribution in [-0.2, 0) is 26.1 Å². The molecule has 0 spiro atoms. The zero-order valence-corrected chi connectivity index (χ0v) is 20.1. The molecule has 1 saturated heterocycles. The summed E-state index contributed by atoms with van der Waals surface area (Å²) in [5.41, 5.74) is 0.930. The molecule has 2 aromatic carbocycles. The third-order valence-corrected chi connectivity index (χ3v) is 7.08. The lowest BCUT2D eigenvalue weighted by atomic mass is 9.97. The normalized spacial score (nSPS) is 16.3. The molecule has 2 aromatic rings. The van der Waals surface area contributed by atoms with Gasteiger partial charge in [0.25, 0.3) is 5.91 Å². The molecular formula is C23H27ClN2O6S. The molecule has 0 aliphatic carbocycles. The molecule has 1 aliphatic heterocycles. The van der Waals surface area contributed by atoms with Crippen molar-refractivity contribution in [2.75, 3.05) is 26.8 Å². The number of nitrogens with one attached hydrogen (secondary N) is 1. The number of benzene rings is 2. The Balaban J connectivity index is 1.80. The third-order valence-electron chi connectivity index (χ3n) is 5.41. The highest BCUT2D eigenvalue weighted by Crippen LogP contribution is 2.27. The first-order chi connectivity index (χ1) is 15.7. The lowest BCUT2D eigenvalue weighted by Crippen LogP contribution is -2.42. The van der Waals surface area contributed by atoms with Crippen molar-refractivity contribution in [1.29, 1.82) is 0 Å². The number of halogens is 1. The minimum atomic E-state index is -3.98. The molecule has 33 heavy (non-hydrogen) atoms. The molecule has 0 saturated carbocycles. The molecule has 1 atom stereocenters. The Morgan fingerprint density at radius 3 is 2.58 bits per heavy atom. The Labute approximate surface area is 198 Å². The van der Waals surface area contributed by atoms with Crippen molar-refractivity contribution in [3.05, 3.63) is 58.6 Å². The zero-order chi connectivity index (χ0) is 24.0. The molecule has 0 bridgehead atoms. The van der Waals surface area contributed by atoms with Crippen molar-refractivity contribution in [1.82, 2.24) is 9.62 Å². The topological polar surface area (TPSA) is 102 Å². The van der Waals surface area contributed by atoms with Gasteiger partial charge in [-0.15, -0.1) is 0 Å². The fourth-order valence-electron chi connectivity index (χ4n) is 3.67. The number of methoxy groups -OCH3 is 1. The lowest BCUT2D eigenvalue weighted by molar-refractivity contribution is -0.149. The van der Waals surface area contributed by atoms with Crippen molar-refractivity contribution in [2.45, 2.75) is 31.2 Å². The number of carbonyl (C=O) groups is 2. The number of amides is 1. The SMILES string of the molecule is CCOC(=O)C1CCCN(C(=O)c2ccc(OC)c(S(=O)(=O)NCc3ccc(Cl)cc3)c2)C1. The summed E-state index contributed by atoms with van der Waals surface area (Å²) in [6, 6.07) is 11.1. The smallest absolute Gasteiger partial charge is 0.310 e.